The number of carbonyl (C=O) groups is 2. The molecular formula is C33H52ClN3O3. The zero-order chi connectivity index (χ0) is 29.6. The second-order valence-corrected chi connectivity index (χ2v) is 15.5. The van der Waals surface area contributed by atoms with E-state index in [0.717, 1.165) is 50.8 Å². The van der Waals surface area contributed by atoms with Crippen molar-refractivity contribution < 1.29 is 14.7 Å². The highest BCUT2D eigenvalue weighted by atomic mass is 35.5. The average molecular weight is 574 g/mol. The van der Waals surface area contributed by atoms with Crippen LogP contribution >= 0.6 is 11.6 Å². The number of hydrogen-bond donors (Lipinski definition) is 1. The predicted octanol–water partition coefficient (Wildman–Crippen LogP) is 5.96. The number of benzene rings is 1. The number of nitrogens with zero attached hydrogens (tertiary/aromatic N) is 3. The van der Waals surface area contributed by atoms with E-state index in [1.54, 1.807) is 6.92 Å². The van der Waals surface area contributed by atoms with Gasteiger partial charge >= 0.3 is 0 Å². The van der Waals surface area contributed by atoms with E-state index in [1.165, 1.54) is 0 Å². The lowest BCUT2D eigenvalue weighted by molar-refractivity contribution is -0.153. The van der Waals surface area contributed by atoms with Gasteiger partial charge in [0.1, 0.15) is 0 Å². The van der Waals surface area contributed by atoms with Crippen molar-refractivity contribution in [3.63, 3.8) is 0 Å². The van der Waals surface area contributed by atoms with Crippen molar-refractivity contribution in [1.82, 2.24) is 14.7 Å². The first kappa shape index (κ1) is 31.3. The Morgan fingerprint density at radius 2 is 1.57 bits per heavy atom. The van der Waals surface area contributed by atoms with Crippen LogP contribution in [0.1, 0.15) is 99.0 Å². The lowest BCUT2D eigenvalue weighted by Gasteiger charge is -2.46. The maximum atomic E-state index is 14.2. The van der Waals surface area contributed by atoms with E-state index >= 15 is 0 Å². The zero-order valence-electron chi connectivity index (χ0n) is 26.0. The van der Waals surface area contributed by atoms with Crippen molar-refractivity contribution in [2.24, 2.45) is 16.7 Å². The van der Waals surface area contributed by atoms with Crippen LogP contribution in [0.25, 0.3) is 0 Å². The minimum Gasteiger partial charge on any atom is -0.392 e. The number of carbonyl (C=O) groups excluding carboxylic acids is 2. The number of amides is 2. The molecule has 4 rings (SSSR count). The first-order valence-corrected chi connectivity index (χ1v) is 15.7. The van der Waals surface area contributed by atoms with Gasteiger partial charge in [0, 0.05) is 48.7 Å². The van der Waals surface area contributed by atoms with Gasteiger partial charge in [-0.25, -0.2) is 0 Å². The molecule has 1 aromatic carbocycles. The molecule has 6 nitrogen and oxygen atoms in total. The summed E-state index contributed by atoms with van der Waals surface area (Å²) in [4.78, 5) is 34.8. The molecule has 1 aromatic rings. The quantitative estimate of drug-likeness (QED) is 0.456. The largest absolute Gasteiger partial charge is 0.392 e. The Morgan fingerprint density at radius 3 is 2.12 bits per heavy atom. The standard InChI is InChI=1S/C33H52ClN3O3/c1-22(38)33(7,8)30(40)37(25-13-16-32(5,6)17-14-25)26-15-18-35(19-26)29(39)28-21-36(31(2,3)4)20-27(28)23-9-11-24(34)12-10-23/h9-12,22,25-28,38H,13-21H2,1-8H3/t22?,26?,27-,28+/m0/s1. The summed E-state index contributed by atoms with van der Waals surface area (Å²) < 4.78 is 0. The third-order valence-corrected chi connectivity index (χ3v) is 10.5. The molecule has 2 saturated heterocycles. The Bertz CT molecular complexity index is 1050. The summed E-state index contributed by atoms with van der Waals surface area (Å²) in [5.41, 5.74) is 0.548. The maximum absolute atomic E-state index is 14.2. The maximum Gasteiger partial charge on any atom is 0.231 e. The van der Waals surface area contributed by atoms with Crippen molar-refractivity contribution >= 4 is 23.4 Å². The van der Waals surface area contributed by atoms with Gasteiger partial charge in [-0.2, -0.15) is 0 Å². The van der Waals surface area contributed by atoms with Crippen LogP contribution in [-0.4, -0.2) is 81.5 Å². The fraction of sp³-hybridized carbons (Fsp3) is 0.758. The number of likely N-dealkylation sites (tertiary alicyclic amines) is 2. The van der Waals surface area contributed by atoms with Gasteiger partial charge in [-0.15, -0.1) is 0 Å². The molecule has 224 valence electrons. The zero-order valence-corrected chi connectivity index (χ0v) is 26.8. The minimum atomic E-state index is -0.872. The predicted molar refractivity (Wildman–Crippen MR) is 162 cm³/mol. The Labute approximate surface area is 247 Å². The number of hydrogen-bond acceptors (Lipinski definition) is 4. The second kappa shape index (κ2) is 11.6. The average Bonchev–Trinajstić information content (AvgIpc) is 3.53. The lowest BCUT2D eigenvalue weighted by atomic mass is 9.74. The molecule has 4 atom stereocenters. The number of aliphatic hydroxyl groups is 1. The summed E-state index contributed by atoms with van der Waals surface area (Å²) in [7, 11) is 0. The highest BCUT2D eigenvalue weighted by Crippen LogP contribution is 2.41. The number of rotatable bonds is 6. The monoisotopic (exact) mass is 573 g/mol. The van der Waals surface area contributed by atoms with Crippen molar-refractivity contribution in [2.75, 3.05) is 26.2 Å². The number of halogens is 1. The summed E-state index contributed by atoms with van der Waals surface area (Å²) in [5, 5.41) is 11.2. The third-order valence-electron chi connectivity index (χ3n) is 10.3. The second-order valence-electron chi connectivity index (χ2n) is 15.1. The van der Waals surface area contributed by atoms with Gasteiger partial charge in [-0.05, 0) is 96.8 Å². The molecule has 0 aromatic heterocycles. The summed E-state index contributed by atoms with van der Waals surface area (Å²) in [6, 6.07) is 8.11. The third kappa shape index (κ3) is 6.55. The molecule has 0 spiro atoms. The van der Waals surface area contributed by atoms with E-state index in [4.69, 9.17) is 11.6 Å². The Kier molecular flexibility index (Phi) is 9.05. The van der Waals surface area contributed by atoms with Gasteiger partial charge in [0.2, 0.25) is 11.8 Å². The Morgan fingerprint density at radius 1 is 0.975 bits per heavy atom. The van der Waals surface area contributed by atoms with Gasteiger partial charge in [0.25, 0.3) is 0 Å². The molecule has 2 aliphatic heterocycles. The van der Waals surface area contributed by atoms with Crippen LogP contribution in [0.4, 0.5) is 0 Å². The van der Waals surface area contributed by atoms with Crippen LogP contribution < -0.4 is 0 Å². The smallest absolute Gasteiger partial charge is 0.231 e. The Balaban J connectivity index is 1.56. The molecule has 7 heteroatoms. The molecule has 0 radical (unpaired) electrons. The van der Waals surface area contributed by atoms with Gasteiger partial charge in [0.05, 0.1) is 23.5 Å². The molecule has 2 amide bonds. The van der Waals surface area contributed by atoms with Crippen LogP contribution in [0, 0.1) is 16.7 Å². The van der Waals surface area contributed by atoms with E-state index < -0.39 is 11.5 Å². The van der Waals surface area contributed by atoms with Crippen molar-refractivity contribution in [3.8, 4) is 0 Å². The fourth-order valence-corrected chi connectivity index (χ4v) is 6.98. The van der Waals surface area contributed by atoms with Crippen LogP contribution in [-0.2, 0) is 9.59 Å². The molecule has 0 bridgehead atoms. The van der Waals surface area contributed by atoms with Crippen molar-refractivity contribution in [1.29, 1.82) is 0 Å². The molecular weight excluding hydrogens is 522 g/mol. The minimum absolute atomic E-state index is 0.0187. The first-order valence-electron chi connectivity index (χ1n) is 15.3. The highest BCUT2D eigenvalue weighted by Gasteiger charge is 2.48. The van der Waals surface area contributed by atoms with Crippen LogP contribution in [0.2, 0.25) is 5.02 Å². The highest BCUT2D eigenvalue weighted by molar-refractivity contribution is 6.30. The SMILES string of the molecule is CC(O)C(C)(C)C(=O)N(C1CCC(C)(C)CC1)C1CCN(C(=O)[C@@H]2CN(C(C)(C)C)C[C@H]2c2ccc(Cl)cc2)C1. The van der Waals surface area contributed by atoms with E-state index in [1.807, 2.05) is 30.9 Å². The van der Waals surface area contributed by atoms with E-state index in [2.05, 4.69) is 56.6 Å². The van der Waals surface area contributed by atoms with E-state index in [0.29, 0.717) is 23.5 Å². The molecule has 2 heterocycles. The summed E-state index contributed by atoms with van der Waals surface area (Å²) >= 11 is 6.19. The van der Waals surface area contributed by atoms with Crippen LogP contribution in [0.15, 0.2) is 24.3 Å². The Hall–Kier alpha value is -1.63. The molecule has 1 saturated carbocycles. The topological polar surface area (TPSA) is 64.1 Å². The normalized spacial score (nSPS) is 27.1. The van der Waals surface area contributed by atoms with Crippen LogP contribution in [0.5, 0.6) is 0 Å². The fourth-order valence-electron chi connectivity index (χ4n) is 6.86. The van der Waals surface area contributed by atoms with Gasteiger partial charge in [-0.3, -0.25) is 14.5 Å². The molecule has 1 aliphatic carbocycles. The first-order chi connectivity index (χ1) is 18.5. The molecule has 3 fully saturated rings. The van der Waals surface area contributed by atoms with E-state index in [9.17, 15) is 14.7 Å². The van der Waals surface area contributed by atoms with Gasteiger partial charge in [-0.1, -0.05) is 37.6 Å². The van der Waals surface area contributed by atoms with Crippen LogP contribution in [0.3, 0.4) is 0 Å². The van der Waals surface area contributed by atoms with Gasteiger partial charge < -0.3 is 14.9 Å². The van der Waals surface area contributed by atoms with Gasteiger partial charge in [0.15, 0.2) is 0 Å². The van der Waals surface area contributed by atoms with E-state index in [-0.39, 0.29) is 41.3 Å². The summed E-state index contributed by atoms with van der Waals surface area (Å²) in [6.45, 7) is 19.5. The summed E-state index contributed by atoms with van der Waals surface area (Å²) in [6.07, 6.45) is 4.15. The summed E-state index contributed by atoms with van der Waals surface area (Å²) in [5.74, 6) is 0.190. The number of aliphatic hydroxyl groups excluding tert-OH is 1. The molecule has 3 aliphatic rings. The lowest BCUT2D eigenvalue weighted by Crippen LogP contribution is -2.56. The molecule has 2 unspecified atom stereocenters. The van der Waals surface area contributed by atoms with Crippen molar-refractivity contribution in [2.45, 2.75) is 117 Å². The molecule has 40 heavy (non-hydrogen) atoms. The molecule has 1 N–H and O–H groups in total. The van der Waals surface area contributed by atoms with Crippen molar-refractivity contribution in [3.05, 3.63) is 34.9 Å².